The SMILES string of the molecule is CCCNC1C(Sc2nccc(C)n2)CCC1(C)C. The van der Waals surface area contributed by atoms with Crippen LogP contribution >= 0.6 is 11.8 Å². The van der Waals surface area contributed by atoms with E-state index in [1.165, 1.54) is 19.3 Å². The quantitative estimate of drug-likeness (QED) is 0.838. The molecule has 1 aliphatic rings. The fraction of sp³-hybridized carbons (Fsp3) is 0.733. The van der Waals surface area contributed by atoms with Gasteiger partial charge < -0.3 is 5.32 Å². The van der Waals surface area contributed by atoms with E-state index in [0.717, 1.165) is 17.4 Å². The standard InChI is InChI=1S/C15H25N3S/c1-5-9-16-13-12(6-8-15(13,3)4)19-14-17-10-7-11(2)18-14/h7,10,12-13,16H,5-6,8-9H2,1-4H3. The van der Waals surface area contributed by atoms with Crippen LogP contribution in [-0.4, -0.2) is 27.8 Å². The van der Waals surface area contributed by atoms with Gasteiger partial charge in [-0.3, -0.25) is 0 Å². The van der Waals surface area contributed by atoms with Gasteiger partial charge in [-0.15, -0.1) is 0 Å². The highest BCUT2D eigenvalue weighted by Crippen LogP contribution is 2.44. The first kappa shape index (κ1) is 14.8. The maximum absolute atomic E-state index is 4.52. The van der Waals surface area contributed by atoms with Gasteiger partial charge in [0.2, 0.25) is 0 Å². The lowest BCUT2D eigenvalue weighted by atomic mass is 9.87. The van der Waals surface area contributed by atoms with Crippen molar-refractivity contribution in [2.24, 2.45) is 5.41 Å². The molecular weight excluding hydrogens is 254 g/mol. The van der Waals surface area contributed by atoms with Gasteiger partial charge in [-0.25, -0.2) is 9.97 Å². The average molecular weight is 279 g/mol. The van der Waals surface area contributed by atoms with E-state index in [1.807, 2.05) is 30.9 Å². The molecule has 0 aromatic carbocycles. The second-order valence-corrected chi connectivity index (χ2v) is 7.30. The Bertz CT molecular complexity index is 420. The van der Waals surface area contributed by atoms with Crippen LogP contribution < -0.4 is 5.32 Å². The number of nitrogens with one attached hydrogen (secondary N) is 1. The van der Waals surface area contributed by atoms with Crippen LogP contribution in [0.3, 0.4) is 0 Å². The Morgan fingerprint density at radius 2 is 2.26 bits per heavy atom. The lowest BCUT2D eigenvalue weighted by Crippen LogP contribution is -2.43. The summed E-state index contributed by atoms with van der Waals surface area (Å²) in [6.45, 7) is 10.1. The van der Waals surface area contributed by atoms with Gasteiger partial charge >= 0.3 is 0 Å². The number of hydrogen-bond acceptors (Lipinski definition) is 4. The summed E-state index contributed by atoms with van der Waals surface area (Å²) in [5, 5.41) is 5.24. The molecule has 1 N–H and O–H groups in total. The van der Waals surface area contributed by atoms with Crippen molar-refractivity contribution in [1.29, 1.82) is 0 Å². The zero-order chi connectivity index (χ0) is 13.9. The van der Waals surface area contributed by atoms with E-state index in [2.05, 4.69) is 36.1 Å². The van der Waals surface area contributed by atoms with Crippen molar-refractivity contribution in [3.05, 3.63) is 18.0 Å². The molecule has 0 amide bonds. The molecular formula is C15H25N3S. The summed E-state index contributed by atoms with van der Waals surface area (Å²) >= 11 is 1.84. The first-order valence-corrected chi connectivity index (χ1v) is 8.10. The van der Waals surface area contributed by atoms with Crippen LogP contribution in [0.15, 0.2) is 17.4 Å². The lowest BCUT2D eigenvalue weighted by Gasteiger charge is -2.31. The van der Waals surface area contributed by atoms with E-state index in [4.69, 9.17) is 0 Å². The summed E-state index contributed by atoms with van der Waals surface area (Å²) in [6, 6.07) is 2.51. The van der Waals surface area contributed by atoms with Crippen LogP contribution in [0.5, 0.6) is 0 Å². The van der Waals surface area contributed by atoms with E-state index in [-0.39, 0.29) is 0 Å². The van der Waals surface area contributed by atoms with Gasteiger partial charge in [-0.05, 0) is 44.2 Å². The van der Waals surface area contributed by atoms with Gasteiger partial charge in [0.15, 0.2) is 5.16 Å². The van der Waals surface area contributed by atoms with Gasteiger partial charge in [0.1, 0.15) is 0 Å². The minimum atomic E-state index is 0.372. The van der Waals surface area contributed by atoms with Crippen molar-refractivity contribution in [2.75, 3.05) is 6.54 Å². The van der Waals surface area contributed by atoms with Crippen molar-refractivity contribution in [2.45, 2.75) is 63.4 Å². The average Bonchev–Trinajstić information content (AvgIpc) is 2.62. The summed E-state index contributed by atoms with van der Waals surface area (Å²) in [6.07, 6.45) is 5.57. The van der Waals surface area contributed by atoms with Crippen LogP contribution in [0, 0.1) is 12.3 Å². The van der Waals surface area contributed by atoms with Crippen molar-refractivity contribution in [3.8, 4) is 0 Å². The van der Waals surface area contributed by atoms with Crippen molar-refractivity contribution < 1.29 is 0 Å². The van der Waals surface area contributed by atoms with Gasteiger partial charge in [0.25, 0.3) is 0 Å². The molecule has 0 bridgehead atoms. The second kappa shape index (κ2) is 6.23. The maximum atomic E-state index is 4.52. The summed E-state index contributed by atoms with van der Waals surface area (Å²) in [7, 11) is 0. The van der Waals surface area contributed by atoms with Crippen molar-refractivity contribution >= 4 is 11.8 Å². The van der Waals surface area contributed by atoms with Crippen LogP contribution in [0.1, 0.15) is 45.7 Å². The molecule has 106 valence electrons. The molecule has 1 aliphatic carbocycles. The summed E-state index contributed by atoms with van der Waals surface area (Å²) in [5.41, 5.74) is 1.42. The highest BCUT2D eigenvalue weighted by atomic mass is 32.2. The fourth-order valence-electron chi connectivity index (χ4n) is 2.79. The van der Waals surface area contributed by atoms with E-state index in [0.29, 0.717) is 16.7 Å². The molecule has 1 heterocycles. The normalized spacial score (nSPS) is 25.7. The summed E-state index contributed by atoms with van der Waals surface area (Å²) in [4.78, 5) is 8.91. The molecule has 4 heteroatoms. The highest BCUT2D eigenvalue weighted by Gasteiger charge is 2.42. The molecule has 0 aliphatic heterocycles. The fourth-order valence-corrected chi connectivity index (χ4v) is 4.22. The molecule has 1 saturated carbocycles. The lowest BCUT2D eigenvalue weighted by molar-refractivity contribution is 0.287. The Kier molecular flexibility index (Phi) is 4.85. The van der Waals surface area contributed by atoms with Crippen LogP contribution in [0.25, 0.3) is 0 Å². The predicted molar refractivity (Wildman–Crippen MR) is 81.5 cm³/mol. The van der Waals surface area contributed by atoms with Crippen molar-refractivity contribution in [1.82, 2.24) is 15.3 Å². The number of rotatable bonds is 5. The molecule has 0 spiro atoms. The molecule has 2 rings (SSSR count). The monoisotopic (exact) mass is 279 g/mol. The molecule has 2 unspecified atom stereocenters. The predicted octanol–water partition coefficient (Wildman–Crippen LogP) is 3.43. The Hall–Kier alpha value is -0.610. The van der Waals surface area contributed by atoms with E-state index in [9.17, 15) is 0 Å². The van der Waals surface area contributed by atoms with Crippen LogP contribution in [0.4, 0.5) is 0 Å². The number of nitrogens with zero attached hydrogens (tertiary/aromatic N) is 2. The Morgan fingerprint density at radius 3 is 2.95 bits per heavy atom. The maximum Gasteiger partial charge on any atom is 0.188 e. The van der Waals surface area contributed by atoms with E-state index >= 15 is 0 Å². The molecule has 1 aromatic heterocycles. The van der Waals surface area contributed by atoms with Gasteiger partial charge in [-0.2, -0.15) is 0 Å². The first-order valence-electron chi connectivity index (χ1n) is 7.22. The Balaban J connectivity index is 2.06. The van der Waals surface area contributed by atoms with E-state index < -0.39 is 0 Å². The molecule has 1 aromatic rings. The van der Waals surface area contributed by atoms with Crippen molar-refractivity contribution in [3.63, 3.8) is 0 Å². The van der Waals surface area contributed by atoms with Gasteiger partial charge in [0, 0.05) is 23.2 Å². The summed E-state index contributed by atoms with van der Waals surface area (Å²) < 4.78 is 0. The molecule has 1 fully saturated rings. The Labute approximate surface area is 121 Å². The first-order chi connectivity index (χ1) is 9.03. The number of hydrogen-bond donors (Lipinski definition) is 1. The zero-order valence-electron chi connectivity index (χ0n) is 12.4. The van der Waals surface area contributed by atoms with E-state index in [1.54, 1.807) is 0 Å². The third-order valence-electron chi connectivity index (χ3n) is 3.93. The van der Waals surface area contributed by atoms with Gasteiger partial charge in [0.05, 0.1) is 0 Å². The minimum Gasteiger partial charge on any atom is -0.312 e. The largest absolute Gasteiger partial charge is 0.312 e. The molecule has 0 saturated heterocycles. The number of aryl methyl sites for hydroxylation is 1. The van der Waals surface area contributed by atoms with Crippen LogP contribution in [0.2, 0.25) is 0 Å². The third-order valence-corrected chi connectivity index (χ3v) is 5.15. The smallest absolute Gasteiger partial charge is 0.188 e. The number of aromatic nitrogens is 2. The summed E-state index contributed by atoms with van der Waals surface area (Å²) in [5.74, 6) is 0. The molecule has 19 heavy (non-hydrogen) atoms. The molecule has 2 atom stereocenters. The topological polar surface area (TPSA) is 37.8 Å². The Morgan fingerprint density at radius 1 is 1.47 bits per heavy atom. The second-order valence-electron chi connectivity index (χ2n) is 6.10. The van der Waals surface area contributed by atoms with Gasteiger partial charge in [-0.1, -0.05) is 32.5 Å². The zero-order valence-corrected chi connectivity index (χ0v) is 13.3. The highest BCUT2D eigenvalue weighted by molar-refractivity contribution is 7.99. The molecule has 3 nitrogen and oxygen atoms in total. The van der Waals surface area contributed by atoms with Crippen LogP contribution in [-0.2, 0) is 0 Å². The number of thioether (sulfide) groups is 1. The minimum absolute atomic E-state index is 0.372. The molecule has 0 radical (unpaired) electrons. The third kappa shape index (κ3) is 3.69.